The monoisotopic (exact) mass is 456 g/mol. The quantitative estimate of drug-likeness (QED) is 0.603. The van der Waals surface area contributed by atoms with Crippen LogP contribution in [0.15, 0.2) is 29.2 Å². The molecule has 4 rings (SSSR count). The molecule has 10 nitrogen and oxygen atoms in total. The minimum Gasteiger partial charge on any atom is -0.383 e. The molecule has 0 spiro atoms. The molecule has 0 radical (unpaired) electrons. The molecular formula is C22H25FN6O4. The highest BCUT2D eigenvalue weighted by Gasteiger charge is 2.35. The summed E-state index contributed by atoms with van der Waals surface area (Å²) in [6, 6.07) is 4.24. The van der Waals surface area contributed by atoms with E-state index in [9.17, 15) is 18.8 Å². The smallest absolute Gasteiger partial charge is 0.280 e. The second-order valence-electron chi connectivity index (χ2n) is 8.90. The van der Waals surface area contributed by atoms with Crippen molar-refractivity contribution in [1.29, 1.82) is 0 Å². The molecule has 1 N–H and O–H groups in total. The number of hydrogen-bond donors (Lipinski definition) is 1. The molecule has 0 unspecified atom stereocenters. The maximum atomic E-state index is 13.2. The summed E-state index contributed by atoms with van der Waals surface area (Å²) in [4.78, 5) is 44.6. The highest BCUT2D eigenvalue weighted by molar-refractivity contribution is 5.98. The third-order valence-corrected chi connectivity index (χ3v) is 5.44. The number of carbonyl (C=O) groups excluding carboxylic acids is 2. The molecule has 174 valence electrons. The minimum atomic E-state index is -0.524. The molecule has 0 atom stereocenters. The molecule has 0 aromatic carbocycles. The molecular weight excluding hydrogens is 431 g/mol. The van der Waals surface area contributed by atoms with Gasteiger partial charge in [0.1, 0.15) is 29.5 Å². The van der Waals surface area contributed by atoms with E-state index in [4.69, 9.17) is 4.74 Å². The molecule has 0 saturated carbocycles. The normalized spacial score (nSPS) is 13.6. The molecule has 11 heteroatoms. The van der Waals surface area contributed by atoms with Crippen molar-refractivity contribution in [3.63, 3.8) is 0 Å². The van der Waals surface area contributed by atoms with Gasteiger partial charge in [-0.25, -0.2) is 9.37 Å². The topological polar surface area (TPSA) is 111 Å². The van der Waals surface area contributed by atoms with Crippen LogP contribution in [0.3, 0.4) is 0 Å². The van der Waals surface area contributed by atoms with Gasteiger partial charge in [0.2, 0.25) is 5.91 Å². The fourth-order valence-electron chi connectivity index (χ4n) is 3.70. The maximum absolute atomic E-state index is 13.2. The predicted molar refractivity (Wildman–Crippen MR) is 118 cm³/mol. The van der Waals surface area contributed by atoms with Crippen molar-refractivity contribution in [2.75, 3.05) is 25.6 Å². The number of aromatic nitrogens is 4. The van der Waals surface area contributed by atoms with E-state index in [1.54, 1.807) is 6.07 Å². The molecule has 0 bridgehead atoms. The van der Waals surface area contributed by atoms with Gasteiger partial charge in [0.25, 0.3) is 11.5 Å². The van der Waals surface area contributed by atoms with Gasteiger partial charge in [0.15, 0.2) is 0 Å². The van der Waals surface area contributed by atoms with Gasteiger partial charge < -0.3 is 19.5 Å². The Balaban J connectivity index is 1.80. The summed E-state index contributed by atoms with van der Waals surface area (Å²) < 4.78 is 21.0. The van der Waals surface area contributed by atoms with Gasteiger partial charge in [-0.2, -0.15) is 9.61 Å². The molecule has 3 aromatic heterocycles. The lowest BCUT2D eigenvalue weighted by Gasteiger charge is -2.16. The number of anilines is 1. The summed E-state index contributed by atoms with van der Waals surface area (Å²) in [5.74, 6) is -1.19. The van der Waals surface area contributed by atoms with Crippen molar-refractivity contribution in [3.8, 4) is 0 Å². The third kappa shape index (κ3) is 4.23. The van der Waals surface area contributed by atoms with Crippen LogP contribution in [0.4, 0.5) is 10.2 Å². The van der Waals surface area contributed by atoms with Gasteiger partial charge in [0.05, 0.1) is 30.6 Å². The zero-order chi connectivity index (χ0) is 23.9. The van der Waals surface area contributed by atoms with Crippen molar-refractivity contribution >= 4 is 23.3 Å². The first kappa shape index (κ1) is 22.6. The van der Waals surface area contributed by atoms with Crippen molar-refractivity contribution in [1.82, 2.24) is 24.1 Å². The zero-order valence-electron chi connectivity index (χ0n) is 18.9. The van der Waals surface area contributed by atoms with Crippen LogP contribution in [0.1, 0.15) is 42.5 Å². The number of methoxy groups -OCH3 is 1. The molecule has 0 saturated heterocycles. The van der Waals surface area contributed by atoms with Gasteiger partial charge in [-0.1, -0.05) is 20.8 Å². The summed E-state index contributed by atoms with van der Waals surface area (Å²) in [5.41, 5.74) is 0.691. The highest BCUT2D eigenvalue weighted by atomic mass is 19.1. The van der Waals surface area contributed by atoms with Crippen molar-refractivity contribution in [3.05, 3.63) is 57.5 Å². The second-order valence-corrected chi connectivity index (χ2v) is 8.90. The highest BCUT2D eigenvalue weighted by Crippen LogP contribution is 2.26. The number of pyridine rings is 1. The Morgan fingerprint density at radius 1 is 1.27 bits per heavy atom. The van der Waals surface area contributed by atoms with E-state index in [2.05, 4.69) is 15.4 Å². The zero-order valence-corrected chi connectivity index (χ0v) is 18.9. The number of nitrogens with one attached hydrogen (secondary N) is 1. The Labute approximate surface area is 189 Å². The number of nitrogens with zero attached hydrogens (tertiary/aromatic N) is 5. The number of rotatable bonds is 6. The van der Waals surface area contributed by atoms with Gasteiger partial charge in [-0.15, -0.1) is 0 Å². The van der Waals surface area contributed by atoms with Gasteiger partial charge in [0, 0.05) is 25.1 Å². The standard InChI is InChI=1S/C22H25FN6O4/c1-22(2,3)15-9-18-28(12-17(30)25-16-6-5-13(23)10-24-16)19-14(20(31)29(18)26-15)11-27(21(19)32)7-8-33-4/h5-6,9-10H,7-8,11-12H2,1-4H3,(H,24,25,30). The van der Waals surface area contributed by atoms with Crippen LogP contribution in [0.5, 0.6) is 0 Å². The van der Waals surface area contributed by atoms with Crippen LogP contribution in [0.2, 0.25) is 0 Å². The number of ether oxygens (including phenoxy) is 1. The van der Waals surface area contributed by atoms with Crippen LogP contribution < -0.4 is 10.9 Å². The molecule has 0 fully saturated rings. The molecule has 33 heavy (non-hydrogen) atoms. The van der Waals surface area contributed by atoms with E-state index in [0.29, 0.717) is 24.5 Å². The number of carbonyl (C=O) groups is 2. The van der Waals surface area contributed by atoms with Gasteiger partial charge in [-0.3, -0.25) is 14.4 Å². The van der Waals surface area contributed by atoms with Crippen LogP contribution in [0, 0.1) is 5.82 Å². The fraction of sp³-hybridized carbons (Fsp3) is 0.409. The Kier molecular flexibility index (Phi) is 5.75. The first-order valence-electron chi connectivity index (χ1n) is 10.5. The largest absolute Gasteiger partial charge is 0.383 e. The maximum Gasteiger partial charge on any atom is 0.280 e. The van der Waals surface area contributed by atoms with Crippen LogP contribution in [-0.2, 0) is 28.0 Å². The third-order valence-electron chi connectivity index (χ3n) is 5.44. The van der Waals surface area contributed by atoms with Crippen molar-refractivity contribution in [2.24, 2.45) is 0 Å². The number of hydrogen-bond acceptors (Lipinski definition) is 6. The summed E-state index contributed by atoms with van der Waals surface area (Å²) in [6.07, 6.45) is 0.995. The molecule has 0 aliphatic carbocycles. The fourth-order valence-corrected chi connectivity index (χ4v) is 3.70. The van der Waals surface area contributed by atoms with E-state index in [1.165, 1.54) is 33.2 Å². The van der Waals surface area contributed by atoms with Crippen LogP contribution in [0.25, 0.3) is 5.65 Å². The average molecular weight is 456 g/mol. The van der Waals surface area contributed by atoms with Gasteiger partial charge >= 0.3 is 0 Å². The van der Waals surface area contributed by atoms with Crippen LogP contribution in [-0.4, -0.2) is 56.1 Å². The van der Waals surface area contributed by atoms with Crippen molar-refractivity contribution in [2.45, 2.75) is 39.3 Å². The van der Waals surface area contributed by atoms with Crippen molar-refractivity contribution < 1.29 is 18.7 Å². The number of fused-ring (bicyclic) bond motifs is 2. The average Bonchev–Trinajstić information content (AvgIpc) is 3.34. The summed E-state index contributed by atoms with van der Waals surface area (Å²) in [6.45, 7) is 6.36. The molecule has 4 heterocycles. The van der Waals surface area contributed by atoms with E-state index < -0.39 is 11.7 Å². The number of amides is 2. The lowest BCUT2D eigenvalue weighted by Crippen LogP contribution is -2.30. The van der Waals surface area contributed by atoms with Gasteiger partial charge in [-0.05, 0) is 12.1 Å². The Morgan fingerprint density at radius 2 is 2.03 bits per heavy atom. The Morgan fingerprint density at radius 3 is 2.67 bits per heavy atom. The second kappa shape index (κ2) is 8.39. The lowest BCUT2D eigenvalue weighted by atomic mass is 9.93. The first-order chi connectivity index (χ1) is 15.6. The molecule has 1 aliphatic heterocycles. The predicted octanol–water partition coefficient (Wildman–Crippen LogP) is 1.57. The lowest BCUT2D eigenvalue weighted by molar-refractivity contribution is -0.116. The van der Waals surface area contributed by atoms with Crippen LogP contribution >= 0.6 is 0 Å². The molecule has 2 amide bonds. The minimum absolute atomic E-state index is 0.109. The SMILES string of the molecule is COCCN1Cc2c(n(CC(=O)Nc3ccc(F)cn3)c3cc(C(C)(C)C)nn3c2=O)C1=O. The summed E-state index contributed by atoms with van der Waals surface area (Å²) >= 11 is 0. The Hall–Kier alpha value is -3.60. The molecule has 3 aromatic rings. The summed E-state index contributed by atoms with van der Waals surface area (Å²) in [7, 11) is 1.53. The number of halogens is 1. The van der Waals surface area contributed by atoms with E-state index in [0.717, 1.165) is 6.20 Å². The van der Waals surface area contributed by atoms with E-state index in [-0.39, 0.29) is 47.0 Å². The first-order valence-corrected chi connectivity index (χ1v) is 10.5. The molecule has 1 aliphatic rings. The summed E-state index contributed by atoms with van der Waals surface area (Å²) in [5, 5.41) is 7.07. The Bertz CT molecular complexity index is 1290. The van der Waals surface area contributed by atoms with E-state index in [1.807, 2.05) is 20.8 Å². The van der Waals surface area contributed by atoms with E-state index >= 15 is 0 Å².